The van der Waals surface area contributed by atoms with E-state index >= 15 is 0 Å². The van der Waals surface area contributed by atoms with Crippen LogP contribution in [0.5, 0.6) is 17.4 Å². The van der Waals surface area contributed by atoms with E-state index < -0.39 is 43.1 Å². The Hall–Kier alpha value is -7.28. The average Bonchev–Trinajstić information content (AvgIpc) is 1.45. The number of sulfonamides is 1. The summed E-state index contributed by atoms with van der Waals surface area (Å²) < 4.78 is 61.7. The van der Waals surface area contributed by atoms with Crippen LogP contribution in [0, 0.1) is 21.4 Å². The molecule has 474 valence electrons. The van der Waals surface area contributed by atoms with Crippen molar-refractivity contribution in [2.75, 3.05) is 99.4 Å². The molecular formula is C66H83N11O11S. The largest absolute Gasteiger partial charge is 0.493 e. The number of amides is 1. The maximum Gasteiger partial charge on any atom is 0.293 e. The number of hydrogen-bond acceptors (Lipinski definition) is 19. The molecule has 1 spiro atoms. The summed E-state index contributed by atoms with van der Waals surface area (Å²) in [6.45, 7) is 16.3. The lowest BCUT2D eigenvalue weighted by atomic mass is 9.59. The van der Waals surface area contributed by atoms with Crippen molar-refractivity contribution in [2.45, 2.75) is 139 Å². The molecule has 3 aromatic heterocycles. The van der Waals surface area contributed by atoms with Gasteiger partial charge in [-0.05, 0) is 157 Å². The van der Waals surface area contributed by atoms with Gasteiger partial charge in [-0.3, -0.25) is 24.7 Å². The van der Waals surface area contributed by atoms with Crippen LogP contribution < -0.4 is 38.9 Å². The van der Waals surface area contributed by atoms with Crippen LogP contribution in [0.15, 0.2) is 96.2 Å². The number of anilines is 5. The highest BCUT2D eigenvalue weighted by molar-refractivity contribution is 7.90. The van der Waals surface area contributed by atoms with Gasteiger partial charge in [-0.2, -0.15) is 4.98 Å². The van der Waals surface area contributed by atoms with Crippen molar-refractivity contribution < 1.29 is 46.9 Å². The topological polar surface area (TPSA) is 243 Å². The number of pyridine rings is 2. The predicted octanol–water partition coefficient (Wildman–Crippen LogP) is 9.35. The van der Waals surface area contributed by atoms with Crippen molar-refractivity contribution in [1.82, 2.24) is 29.5 Å². The second kappa shape index (κ2) is 24.8. The first-order valence-electron chi connectivity index (χ1n) is 31.7. The van der Waals surface area contributed by atoms with Gasteiger partial charge in [-0.1, -0.05) is 18.2 Å². The molecule has 5 aliphatic heterocycles. The van der Waals surface area contributed by atoms with Crippen LogP contribution in [0.2, 0.25) is 0 Å². The van der Waals surface area contributed by atoms with E-state index in [-0.39, 0.29) is 53.4 Å². The van der Waals surface area contributed by atoms with E-state index in [9.17, 15) is 28.4 Å². The number of ether oxygens (including phenoxy) is 5. The Balaban J connectivity index is 0.744. The lowest BCUT2D eigenvalue weighted by Gasteiger charge is -2.58. The van der Waals surface area contributed by atoms with Crippen LogP contribution in [0.3, 0.4) is 0 Å². The zero-order valence-corrected chi connectivity index (χ0v) is 52.4. The van der Waals surface area contributed by atoms with Crippen LogP contribution >= 0.6 is 0 Å². The number of aliphatic hydroxyl groups is 1. The van der Waals surface area contributed by atoms with Gasteiger partial charge in [0.2, 0.25) is 5.88 Å². The zero-order valence-electron chi connectivity index (χ0n) is 51.6. The number of aromatic amines is 1. The molecular weight excluding hydrogens is 1150 g/mol. The second-order valence-electron chi connectivity index (χ2n) is 26.3. The summed E-state index contributed by atoms with van der Waals surface area (Å²) in [6, 6.07) is 24.2. The number of nitrogens with one attached hydrogen (secondary N) is 3. The van der Waals surface area contributed by atoms with E-state index in [2.05, 4.69) is 90.6 Å². The van der Waals surface area contributed by atoms with Gasteiger partial charge in [-0.25, -0.2) is 18.1 Å². The molecule has 7 aliphatic rings. The molecule has 0 bridgehead atoms. The third-order valence-corrected chi connectivity index (χ3v) is 21.2. The van der Waals surface area contributed by atoms with Gasteiger partial charge in [0.15, 0.2) is 11.6 Å². The van der Waals surface area contributed by atoms with Gasteiger partial charge in [-0.15, -0.1) is 0 Å². The fourth-order valence-electron chi connectivity index (χ4n) is 14.9. The normalized spacial score (nSPS) is 25.0. The highest BCUT2D eigenvalue weighted by Gasteiger charge is 2.51. The Morgan fingerprint density at radius 1 is 0.921 bits per heavy atom. The number of nitrogens with zero attached hydrogens (tertiary/aromatic N) is 8. The van der Waals surface area contributed by atoms with Crippen LogP contribution in [-0.4, -0.2) is 164 Å². The Morgan fingerprint density at radius 2 is 1.72 bits per heavy atom. The molecule has 4 saturated heterocycles. The van der Waals surface area contributed by atoms with Gasteiger partial charge in [0.1, 0.15) is 28.9 Å². The van der Waals surface area contributed by atoms with Crippen molar-refractivity contribution in [3.05, 3.63) is 118 Å². The first-order valence-corrected chi connectivity index (χ1v) is 33.2. The number of nitro benzene ring substituents is 1. The quantitative estimate of drug-likeness (QED) is 0.0491. The summed E-state index contributed by atoms with van der Waals surface area (Å²) in [6.07, 6.45) is 10.8. The smallest absolute Gasteiger partial charge is 0.293 e. The Morgan fingerprint density at radius 3 is 2.49 bits per heavy atom. The molecule has 6 aromatic rings. The molecule has 4 atom stereocenters. The monoisotopic (exact) mass is 1240 g/mol. The molecule has 13 rings (SSSR count). The van der Waals surface area contributed by atoms with E-state index in [0.717, 1.165) is 124 Å². The molecule has 6 fully saturated rings. The highest BCUT2D eigenvalue weighted by Crippen LogP contribution is 2.54. The lowest BCUT2D eigenvalue weighted by molar-refractivity contribution is -0.384. The molecule has 23 heteroatoms. The molecule has 8 heterocycles. The molecule has 22 nitrogen and oxygen atoms in total. The summed E-state index contributed by atoms with van der Waals surface area (Å²) in [5.41, 5.74) is 4.22. The molecule has 89 heavy (non-hydrogen) atoms. The van der Waals surface area contributed by atoms with E-state index in [1.54, 1.807) is 13.2 Å². The molecule has 2 aliphatic carbocycles. The molecule has 1 amide bonds. The number of piperidine rings is 1. The first-order chi connectivity index (χ1) is 42.9. The van der Waals surface area contributed by atoms with Gasteiger partial charge in [0.25, 0.3) is 21.6 Å². The average molecular weight is 1240 g/mol. The molecule has 2 saturated carbocycles. The number of benzene rings is 3. The number of H-pyrrole nitrogens is 1. The minimum absolute atomic E-state index is 0.0214. The number of methoxy groups -OCH3 is 1. The van der Waals surface area contributed by atoms with Crippen molar-refractivity contribution in [1.29, 1.82) is 0 Å². The van der Waals surface area contributed by atoms with Crippen molar-refractivity contribution >= 4 is 61.2 Å². The molecule has 4 N–H and O–H groups in total. The minimum Gasteiger partial charge on any atom is -0.493 e. The third-order valence-electron chi connectivity index (χ3n) is 19.9. The lowest BCUT2D eigenvalue weighted by Crippen LogP contribution is -2.59. The zero-order chi connectivity index (χ0) is 61.8. The Bertz CT molecular complexity index is 3690. The van der Waals surface area contributed by atoms with E-state index in [1.165, 1.54) is 17.7 Å². The predicted molar refractivity (Wildman–Crippen MR) is 339 cm³/mol. The van der Waals surface area contributed by atoms with Crippen molar-refractivity contribution in [2.24, 2.45) is 11.3 Å². The number of para-hydroxylation sites is 1. The number of carbonyl (C=O) groups is 1. The number of piperazine rings is 1. The van der Waals surface area contributed by atoms with Gasteiger partial charge in [0.05, 0.1) is 77.8 Å². The van der Waals surface area contributed by atoms with Crippen LogP contribution in [0.1, 0.15) is 113 Å². The third kappa shape index (κ3) is 12.5. The van der Waals surface area contributed by atoms with E-state index in [1.807, 2.05) is 43.6 Å². The Kier molecular flexibility index (Phi) is 16.9. The summed E-state index contributed by atoms with van der Waals surface area (Å²) in [5.74, 6) is 2.21. The second-order valence-corrected chi connectivity index (χ2v) is 28.0. The maximum absolute atomic E-state index is 14.9. The minimum atomic E-state index is -4.66. The number of rotatable bonds is 17. The number of fused-ring (bicyclic) bond motifs is 3. The summed E-state index contributed by atoms with van der Waals surface area (Å²) in [4.78, 5) is 51.4. The summed E-state index contributed by atoms with van der Waals surface area (Å²) in [7, 11) is -2.94. The van der Waals surface area contributed by atoms with E-state index in [0.29, 0.717) is 74.6 Å². The fourth-order valence-corrected chi connectivity index (χ4v) is 15.9. The highest BCUT2D eigenvalue weighted by atomic mass is 32.2. The van der Waals surface area contributed by atoms with Crippen LogP contribution in [0.25, 0.3) is 11.0 Å². The number of nitro groups is 1. The summed E-state index contributed by atoms with van der Waals surface area (Å²) >= 11 is 0. The Labute approximate surface area is 520 Å². The first kappa shape index (κ1) is 60.6. The van der Waals surface area contributed by atoms with Crippen LogP contribution in [0.4, 0.5) is 34.3 Å². The molecule has 0 unspecified atom stereocenters. The summed E-state index contributed by atoms with van der Waals surface area (Å²) in [5, 5.41) is 26.9. The van der Waals surface area contributed by atoms with Crippen LogP contribution in [-0.2, 0) is 26.0 Å². The number of hydrogen-bond donors (Lipinski definition) is 4. The number of morpholine rings is 1. The van der Waals surface area contributed by atoms with Gasteiger partial charge >= 0.3 is 0 Å². The maximum atomic E-state index is 14.9. The molecule has 0 radical (unpaired) electrons. The number of aromatic nitrogens is 3. The van der Waals surface area contributed by atoms with Gasteiger partial charge in [0, 0.05) is 100 Å². The fraction of sp³-hybridized carbons (Fsp3) is 0.530. The number of carbonyl (C=O) groups excluding carboxylic acids is 1. The van der Waals surface area contributed by atoms with E-state index in [4.69, 9.17) is 33.7 Å². The van der Waals surface area contributed by atoms with Gasteiger partial charge < -0.3 is 53.8 Å². The van der Waals surface area contributed by atoms with Crippen molar-refractivity contribution in [3.8, 4) is 17.4 Å². The SMILES string of the molecule is COc1cc(CN2CCN(C3CC4(CCN(c5ccc(C(=O)NS(=O)(=O)c6ccc(NC[C@H]7CC[C@](C)(O)CC7)c([N+](=O)[O-])c6)c(N6c7cc8cc[nH]c8nc7O[C@H]7COCC[C@@H]76)c5)CC4)C3)[C@@H](c3ccccc3OC(C)C)C2)cnc1N1CCOC[C@H]1C. The standard InChI is InChI=1S/C66H83N11O11S/c1-42(2)87-58-9-7-6-8-50(58)57-39-72(38-45-30-59(84-5)62(69-37-45)74-27-29-86-40-43(74)3)25-26-75(57)48-34-66(35-48)20-23-73(24-21-66)47-10-12-51(54(32-47)76-53-17-28-85-41-60(53)88-64-56(76)31-46-16-22-67-61(46)70-64)63(78)71-89(82,83)49-11-13-52(55(33-49)77(80)81)68-36-44-14-18-65(4,79)19-15-44/h6-13,16,22,30-33,37,42-44,48,53,57,60,68,79H,14-15,17-21,23-29,34-36,38-41H2,1-5H3,(H,67,70)(H,71,78)/t43-,44-,53+,57-,60+,65-/m1/s1. The molecule has 3 aromatic carbocycles. The van der Waals surface area contributed by atoms with Crippen molar-refractivity contribution in [3.63, 3.8) is 0 Å².